The van der Waals surface area contributed by atoms with Crippen LogP contribution in [-0.4, -0.2) is 21.5 Å². The van der Waals surface area contributed by atoms with Gasteiger partial charge in [0.1, 0.15) is 5.76 Å². The van der Waals surface area contributed by atoms with Gasteiger partial charge in [0, 0.05) is 36.0 Å². The summed E-state index contributed by atoms with van der Waals surface area (Å²) in [5.74, 6) is 1.65. The van der Waals surface area contributed by atoms with Crippen molar-refractivity contribution in [3.8, 4) is 0 Å². The van der Waals surface area contributed by atoms with Crippen molar-refractivity contribution >= 4 is 17.7 Å². The predicted octanol–water partition coefficient (Wildman–Crippen LogP) is 4.39. The molecule has 128 valence electrons. The van der Waals surface area contributed by atoms with E-state index in [0.29, 0.717) is 19.5 Å². The van der Waals surface area contributed by atoms with Gasteiger partial charge in [0.2, 0.25) is 5.91 Å². The Balaban J connectivity index is 1.60. The number of carbonyl (C=O) groups excluding carboxylic acids is 1. The second kappa shape index (κ2) is 9.08. The van der Waals surface area contributed by atoms with Crippen LogP contribution in [0.2, 0.25) is 0 Å². The van der Waals surface area contributed by atoms with Gasteiger partial charge in [-0.1, -0.05) is 24.3 Å². The molecule has 1 amide bonds. The molecule has 0 spiro atoms. The molecule has 0 N–H and O–H groups in total. The standard InChI is InChI=1S/C20H20N2O2S/c23-20(10-13-25-19-8-2-1-3-9-19)22(16-18-7-5-12-24-18)15-17-6-4-11-21-14-17/h1-9,11-12,14H,10,13,15-16H2. The zero-order valence-electron chi connectivity index (χ0n) is 13.9. The number of thioether (sulfide) groups is 1. The number of pyridine rings is 1. The molecule has 3 aromatic rings. The summed E-state index contributed by atoms with van der Waals surface area (Å²) in [5.41, 5.74) is 1.01. The number of aromatic nitrogens is 1. The summed E-state index contributed by atoms with van der Waals surface area (Å²) in [7, 11) is 0. The lowest BCUT2D eigenvalue weighted by Crippen LogP contribution is -2.30. The maximum absolute atomic E-state index is 12.7. The molecular formula is C20H20N2O2S. The van der Waals surface area contributed by atoms with Crippen LogP contribution in [0.4, 0.5) is 0 Å². The van der Waals surface area contributed by atoms with Crippen molar-refractivity contribution in [1.82, 2.24) is 9.88 Å². The van der Waals surface area contributed by atoms with Crippen LogP contribution in [0.15, 0.2) is 82.6 Å². The largest absolute Gasteiger partial charge is 0.467 e. The van der Waals surface area contributed by atoms with E-state index in [9.17, 15) is 4.79 Å². The van der Waals surface area contributed by atoms with Crippen molar-refractivity contribution in [2.75, 3.05) is 5.75 Å². The molecule has 0 saturated heterocycles. The Bertz CT molecular complexity index is 761. The second-order valence-corrected chi connectivity index (χ2v) is 6.77. The summed E-state index contributed by atoms with van der Waals surface area (Å²) in [5, 5.41) is 0. The number of benzene rings is 1. The molecule has 0 unspecified atom stereocenters. The van der Waals surface area contributed by atoms with E-state index in [1.54, 1.807) is 30.4 Å². The Hall–Kier alpha value is -2.53. The van der Waals surface area contributed by atoms with E-state index in [0.717, 1.165) is 17.1 Å². The van der Waals surface area contributed by atoms with Crippen LogP contribution in [0, 0.1) is 0 Å². The minimum atomic E-state index is 0.115. The van der Waals surface area contributed by atoms with Crippen LogP contribution >= 0.6 is 11.8 Å². The summed E-state index contributed by atoms with van der Waals surface area (Å²) in [6.07, 6.45) is 5.65. The number of amides is 1. The molecule has 5 heteroatoms. The maximum Gasteiger partial charge on any atom is 0.224 e. The summed E-state index contributed by atoms with van der Waals surface area (Å²) in [6.45, 7) is 1.00. The Labute approximate surface area is 151 Å². The van der Waals surface area contributed by atoms with Crippen LogP contribution < -0.4 is 0 Å². The van der Waals surface area contributed by atoms with Gasteiger partial charge in [-0.05, 0) is 35.9 Å². The predicted molar refractivity (Wildman–Crippen MR) is 99.0 cm³/mol. The average Bonchev–Trinajstić information content (AvgIpc) is 3.16. The van der Waals surface area contributed by atoms with Crippen LogP contribution in [-0.2, 0) is 17.9 Å². The molecule has 4 nitrogen and oxygen atoms in total. The molecule has 25 heavy (non-hydrogen) atoms. The summed E-state index contributed by atoms with van der Waals surface area (Å²) in [4.78, 5) is 19.8. The zero-order chi connectivity index (χ0) is 17.3. The van der Waals surface area contributed by atoms with Crippen molar-refractivity contribution in [2.24, 2.45) is 0 Å². The normalized spacial score (nSPS) is 10.6. The van der Waals surface area contributed by atoms with E-state index in [-0.39, 0.29) is 5.91 Å². The van der Waals surface area contributed by atoms with Crippen LogP contribution in [0.25, 0.3) is 0 Å². The fourth-order valence-electron chi connectivity index (χ4n) is 2.47. The van der Waals surface area contributed by atoms with Gasteiger partial charge in [0.25, 0.3) is 0 Å². The van der Waals surface area contributed by atoms with Gasteiger partial charge in [-0.3, -0.25) is 9.78 Å². The van der Waals surface area contributed by atoms with Crippen LogP contribution in [0.5, 0.6) is 0 Å². The lowest BCUT2D eigenvalue weighted by Gasteiger charge is -2.21. The highest BCUT2D eigenvalue weighted by molar-refractivity contribution is 7.99. The minimum Gasteiger partial charge on any atom is -0.467 e. The number of carbonyl (C=O) groups is 1. The molecule has 2 aromatic heterocycles. The fraction of sp³-hybridized carbons (Fsp3) is 0.200. The van der Waals surface area contributed by atoms with Gasteiger partial charge >= 0.3 is 0 Å². The molecule has 0 fully saturated rings. The highest BCUT2D eigenvalue weighted by atomic mass is 32.2. The average molecular weight is 352 g/mol. The molecule has 0 aliphatic rings. The van der Waals surface area contributed by atoms with Crippen LogP contribution in [0.3, 0.4) is 0 Å². The Morgan fingerprint density at radius 2 is 1.92 bits per heavy atom. The van der Waals surface area contributed by atoms with Gasteiger partial charge in [-0.25, -0.2) is 0 Å². The highest BCUT2D eigenvalue weighted by Gasteiger charge is 2.16. The first-order chi connectivity index (χ1) is 12.3. The molecule has 0 atom stereocenters. The number of rotatable bonds is 8. The molecule has 1 aromatic carbocycles. The van der Waals surface area contributed by atoms with Crippen molar-refractivity contribution in [3.63, 3.8) is 0 Å². The summed E-state index contributed by atoms with van der Waals surface area (Å²) in [6, 6.07) is 17.7. The first-order valence-electron chi connectivity index (χ1n) is 8.18. The van der Waals surface area contributed by atoms with Crippen LogP contribution in [0.1, 0.15) is 17.7 Å². The molecule has 0 aliphatic carbocycles. The second-order valence-electron chi connectivity index (χ2n) is 5.60. The first kappa shape index (κ1) is 17.3. The van der Waals surface area contributed by atoms with E-state index in [1.807, 2.05) is 47.4 Å². The molecular weight excluding hydrogens is 332 g/mol. The number of nitrogens with zero attached hydrogens (tertiary/aromatic N) is 2. The van der Waals surface area contributed by atoms with Gasteiger partial charge in [0.15, 0.2) is 0 Å². The van der Waals surface area contributed by atoms with Gasteiger partial charge in [-0.15, -0.1) is 11.8 Å². The first-order valence-corrected chi connectivity index (χ1v) is 9.17. The third-order valence-corrected chi connectivity index (χ3v) is 4.72. The molecule has 0 aliphatic heterocycles. The molecule has 2 heterocycles. The Morgan fingerprint density at radius 3 is 2.64 bits per heavy atom. The lowest BCUT2D eigenvalue weighted by atomic mass is 10.2. The Kier molecular flexibility index (Phi) is 6.29. The summed E-state index contributed by atoms with van der Waals surface area (Å²) < 4.78 is 5.41. The van der Waals surface area contributed by atoms with Gasteiger partial charge < -0.3 is 9.32 Å². The number of hydrogen-bond donors (Lipinski definition) is 0. The van der Waals surface area contributed by atoms with E-state index < -0.39 is 0 Å². The number of hydrogen-bond acceptors (Lipinski definition) is 4. The SMILES string of the molecule is O=C(CCSc1ccccc1)N(Cc1cccnc1)Cc1ccco1. The molecule has 0 saturated carbocycles. The highest BCUT2D eigenvalue weighted by Crippen LogP contribution is 2.19. The van der Waals surface area contributed by atoms with Gasteiger partial charge in [-0.2, -0.15) is 0 Å². The summed E-state index contributed by atoms with van der Waals surface area (Å²) >= 11 is 1.70. The zero-order valence-corrected chi connectivity index (χ0v) is 14.7. The van der Waals surface area contributed by atoms with Crippen molar-refractivity contribution in [2.45, 2.75) is 24.4 Å². The van der Waals surface area contributed by atoms with E-state index >= 15 is 0 Å². The van der Waals surface area contributed by atoms with Crippen molar-refractivity contribution < 1.29 is 9.21 Å². The van der Waals surface area contributed by atoms with Crippen molar-refractivity contribution in [1.29, 1.82) is 0 Å². The lowest BCUT2D eigenvalue weighted by molar-refractivity contribution is -0.132. The minimum absolute atomic E-state index is 0.115. The van der Waals surface area contributed by atoms with Crippen molar-refractivity contribution in [3.05, 3.63) is 84.6 Å². The topological polar surface area (TPSA) is 46.3 Å². The van der Waals surface area contributed by atoms with E-state index in [4.69, 9.17) is 4.42 Å². The van der Waals surface area contributed by atoms with Gasteiger partial charge in [0.05, 0.1) is 12.8 Å². The molecule has 0 bridgehead atoms. The third kappa shape index (κ3) is 5.50. The molecule has 3 rings (SSSR count). The monoisotopic (exact) mass is 352 g/mol. The fourth-order valence-corrected chi connectivity index (χ4v) is 3.33. The van der Waals surface area contributed by atoms with E-state index in [1.165, 1.54) is 4.90 Å². The smallest absolute Gasteiger partial charge is 0.224 e. The molecule has 0 radical (unpaired) electrons. The van der Waals surface area contributed by atoms with E-state index in [2.05, 4.69) is 17.1 Å². The quantitative estimate of drug-likeness (QED) is 0.564. The Morgan fingerprint density at radius 1 is 1.04 bits per heavy atom. The maximum atomic E-state index is 12.7. The number of furan rings is 1. The third-order valence-electron chi connectivity index (χ3n) is 3.70.